The fraction of sp³-hybridized carbons (Fsp3) is 0.154. The van der Waals surface area contributed by atoms with Gasteiger partial charge in [0.25, 0.3) is 5.56 Å². The first-order valence-electron chi connectivity index (χ1n) is 6.01. The van der Waals surface area contributed by atoms with Crippen molar-refractivity contribution in [2.75, 3.05) is 0 Å². The molecule has 2 heterocycles. The Hall–Kier alpha value is -2.64. The maximum Gasteiger partial charge on any atom is 0.416 e. The van der Waals surface area contributed by atoms with Crippen molar-refractivity contribution in [3.05, 3.63) is 58.3 Å². The molecule has 108 valence electrons. The number of alkyl halides is 3. The Morgan fingerprint density at radius 1 is 1.24 bits per heavy atom. The van der Waals surface area contributed by atoms with E-state index in [1.165, 1.54) is 30.7 Å². The molecule has 0 aliphatic carbocycles. The number of H-pyrrole nitrogens is 1. The minimum atomic E-state index is -4.46. The second-order valence-corrected chi connectivity index (χ2v) is 4.46. The van der Waals surface area contributed by atoms with Crippen LogP contribution in [0.15, 0.2) is 41.6 Å². The molecule has 0 saturated heterocycles. The van der Waals surface area contributed by atoms with Crippen LogP contribution in [-0.2, 0) is 12.7 Å². The zero-order valence-corrected chi connectivity index (χ0v) is 10.6. The molecule has 0 radical (unpaired) electrons. The van der Waals surface area contributed by atoms with Gasteiger partial charge in [0.2, 0.25) is 0 Å². The van der Waals surface area contributed by atoms with E-state index in [1.807, 2.05) is 0 Å². The van der Waals surface area contributed by atoms with Gasteiger partial charge in [-0.25, -0.2) is 4.98 Å². The largest absolute Gasteiger partial charge is 0.416 e. The number of halogens is 3. The van der Waals surface area contributed by atoms with Crippen molar-refractivity contribution in [3.8, 4) is 0 Å². The number of fused-ring (bicyclic) bond motifs is 1. The van der Waals surface area contributed by atoms with E-state index in [0.29, 0.717) is 0 Å². The molecule has 0 saturated carbocycles. The smallest absolute Gasteiger partial charge is 0.294 e. The minimum Gasteiger partial charge on any atom is -0.294 e. The molecule has 3 aromatic rings. The topological polar surface area (TPSA) is 63.6 Å². The van der Waals surface area contributed by atoms with Gasteiger partial charge in [0.1, 0.15) is 11.7 Å². The molecule has 1 N–H and O–H groups in total. The molecule has 21 heavy (non-hydrogen) atoms. The van der Waals surface area contributed by atoms with Crippen LogP contribution in [-0.4, -0.2) is 19.7 Å². The van der Waals surface area contributed by atoms with E-state index >= 15 is 0 Å². The van der Waals surface area contributed by atoms with Gasteiger partial charge in [-0.1, -0.05) is 18.2 Å². The molecule has 5 nitrogen and oxygen atoms in total. The van der Waals surface area contributed by atoms with Gasteiger partial charge in [-0.2, -0.15) is 18.3 Å². The lowest BCUT2D eigenvalue weighted by molar-refractivity contribution is -0.138. The third kappa shape index (κ3) is 2.39. The summed E-state index contributed by atoms with van der Waals surface area (Å²) in [6.07, 6.45) is -1.90. The summed E-state index contributed by atoms with van der Waals surface area (Å²) in [5.41, 5.74) is -0.952. The van der Waals surface area contributed by atoms with Crippen LogP contribution in [0.1, 0.15) is 11.1 Å². The van der Waals surface area contributed by atoms with Crippen molar-refractivity contribution in [2.45, 2.75) is 12.7 Å². The summed E-state index contributed by atoms with van der Waals surface area (Å²) in [7, 11) is 0. The predicted molar refractivity (Wildman–Crippen MR) is 68.7 cm³/mol. The van der Waals surface area contributed by atoms with E-state index < -0.39 is 17.3 Å². The van der Waals surface area contributed by atoms with Gasteiger partial charge in [0.05, 0.1) is 12.1 Å². The summed E-state index contributed by atoms with van der Waals surface area (Å²) in [5.74, 6) is 0. The highest BCUT2D eigenvalue weighted by molar-refractivity contribution is 5.71. The van der Waals surface area contributed by atoms with Gasteiger partial charge >= 0.3 is 6.18 Å². The Kier molecular flexibility index (Phi) is 3.00. The summed E-state index contributed by atoms with van der Waals surface area (Å²) in [6.45, 7) is -0.206. The van der Waals surface area contributed by atoms with Crippen LogP contribution in [0, 0.1) is 0 Å². The lowest BCUT2D eigenvalue weighted by atomic mass is 10.1. The number of aromatic amines is 1. The van der Waals surface area contributed by atoms with E-state index in [4.69, 9.17) is 0 Å². The number of rotatable bonds is 2. The highest BCUT2D eigenvalue weighted by Crippen LogP contribution is 2.32. The molecule has 0 unspecified atom stereocenters. The normalized spacial score (nSPS) is 12.0. The molecule has 0 amide bonds. The Balaban J connectivity index is 2.07. The van der Waals surface area contributed by atoms with Crippen molar-refractivity contribution in [1.82, 2.24) is 19.7 Å². The third-order valence-electron chi connectivity index (χ3n) is 3.09. The number of hydrogen-bond donors (Lipinski definition) is 1. The highest BCUT2D eigenvalue weighted by atomic mass is 19.4. The SMILES string of the molecule is O=c1c2c[nH]nc2ncn1Cc1ccccc1C(F)(F)F. The molecule has 1 aromatic carbocycles. The van der Waals surface area contributed by atoms with Crippen LogP contribution in [0.2, 0.25) is 0 Å². The molecule has 3 rings (SSSR count). The minimum absolute atomic E-state index is 0.0109. The van der Waals surface area contributed by atoms with Crippen LogP contribution < -0.4 is 5.56 Å². The maximum absolute atomic E-state index is 12.9. The average Bonchev–Trinajstić information content (AvgIpc) is 2.90. The summed E-state index contributed by atoms with van der Waals surface area (Å²) in [6, 6.07) is 5.14. The summed E-state index contributed by atoms with van der Waals surface area (Å²) < 4.78 is 39.9. The van der Waals surface area contributed by atoms with Gasteiger partial charge in [0.15, 0.2) is 5.65 Å². The molecular formula is C13H9F3N4O. The van der Waals surface area contributed by atoms with Crippen molar-refractivity contribution < 1.29 is 13.2 Å². The average molecular weight is 294 g/mol. The Morgan fingerprint density at radius 3 is 2.76 bits per heavy atom. The molecule has 0 aliphatic rings. The molecular weight excluding hydrogens is 285 g/mol. The quantitative estimate of drug-likeness (QED) is 0.788. The number of aromatic nitrogens is 4. The first-order valence-corrected chi connectivity index (χ1v) is 6.01. The summed E-state index contributed by atoms with van der Waals surface area (Å²) in [4.78, 5) is 16.1. The molecule has 0 fully saturated rings. The van der Waals surface area contributed by atoms with Crippen molar-refractivity contribution in [3.63, 3.8) is 0 Å². The van der Waals surface area contributed by atoms with Gasteiger partial charge < -0.3 is 0 Å². The zero-order chi connectivity index (χ0) is 15.0. The fourth-order valence-electron chi connectivity index (χ4n) is 2.10. The van der Waals surface area contributed by atoms with Gasteiger partial charge in [-0.3, -0.25) is 14.5 Å². The summed E-state index contributed by atoms with van der Waals surface area (Å²) in [5, 5.41) is 6.49. The van der Waals surface area contributed by atoms with Crippen molar-refractivity contribution >= 4 is 11.0 Å². The van der Waals surface area contributed by atoms with Crippen LogP contribution in [0.4, 0.5) is 13.2 Å². The maximum atomic E-state index is 12.9. The lowest BCUT2D eigenvalue weighted by Gasteiger charge is -2.13. The third-order valence-corrected chi connectivity index (χ3v) is 3.09. The van der Waals surface area contributed by atoms with Crippen LogP contribution in [0.25, 0.3) is 11.0 Å². The molecule has 2 aromatic heterocycles. The van der Waals surface area contributed by atoms with Crippen molar-refractivity contribution in [1.29, 1.82) is 0 Å². The second kappa shape index (κ2) is 4.72. The number of nitrogens with one attached hydrogen (secondary N) is 1. The standard InChI is InChI=1S/C13H9F3N4O/c14-13(15,16)10-4-2-1-3-8(10)6-20-7-17-11-9(12(20)21)5-18-19-11/h1-5,7H,6H2,(H,18,19). The van der Waals surface area contributed by atoms with Gasteiger partial charge in [-0.05, 0) is 11.6 Å². The molecule has 8 heteroatoms. The van der Waals surface area contributed by atoms with E-state index in [2.05, 4.69) is 15.2 Å². The number of benzene rings is 1. The first kappa shape index (κ1) is 13.3. The molecule has 0 spiro atoms. The predicted octanol–water partition coefficient (Wildman–Crippen LogP) is 2.19. The molecule has 0 atom stereocenters. The van der Waals surface area contributed by atoms with E-state index in [0.717, 1.165) is 10.6 Å². The Labute approximate surface area is 116 Å². The van der Waals surface area contributed by atoms with E-state index in [9.17, 15) is 18.0 Å². The van der Waals surface area contributed by atoms with Crippen molar-refractivity contribution in [2.24, 2.45) is 0 Å². The zero-order valence-electron chi connectivity index (χ0n) is 10.6. The highest BCUT2D eigenvalue weighted by Gasteiger charge is 2.32. The van der Waals surface area contributed by atoms with Gasteiger partial charge in [0, 0.05) is 6.20 Å². The molecule has 0 aliphatic heterocycles. The number of nitrogens with zero attached hydrogens (tertiary/aromatic N) is 3. The Morgan fingerprint density at radius 2 is 2.00 bits per heavy atom. The summed E-state index contributed by atoms with van der Waals surface area (Å²) >= 11 is 0. The van der Waals surface area contributed by atoms with Gasteiger partial charge in [-0.15, -0.1) is 0 Å². The van der Waals surface area contributed by atoms with Crippen LogP contribution >= 0.6 is 0 Å². The fourth-order valence-corrected chi connectivity index (χ4v) is 2.10. The lowest BCUT2D eigenvalue weighted by Crippen LogP contribution is -2.22. The van der Waals surface area contributed by atoms with Crippen LogP contribution in [0.5, 0.6) is 0 Å². The van der Waals surface area contributed by atoms with E-state index in [-0.39, 0.29) is 23.1 Å². The first-order chi connectivity index (χ1) is 9.97. The number of hydrogen-bond acceptors (Lipinski definition) is 3. The second-order valence-electron chi connectivity index (χ2n) is 4.46. The monoisotopic (exact) mass is 294 g/mol. The molecule has 0 bridgehead atoms. The van der Waals surface area contributed by atoms with E-state index in [1.54, 1.807) is 0 Å². The van der Waals surface area contributed by atoms with Crippen LogP contribution in [0.3, 0.4) is 0 Å². The Bertz CT molecular complexity index is 850.